The van der Waals surface area contributed by atoms with E-state index >= 15 is 0 Å². The lowest BCUT2D eigenvalue weighted by atomic mass is 9.76. The van der Waals surface area contributed by atoms with Crippen molar-refractivity contribution in [2.24, 2.45) is 0 Å². The van der Waals surface area contributed by atoms with Crippen LogP contribution in [0.1, 0.15) is 106 Å². The number of nitrogens with one attached hydrogen (secondary N) is 1. The van der Waals surface area contributed by atoms with Crippen LogP contribution >= 0.6 is 0 Å². The fourth-order valence-electron chi connectivity index (χ4n) is 6.49. The first kappa shape index (κ1) is 36.3. The lowest BCUT2D eigenvalue weighted by Gasteiger charge is -2.41. The Morgan fingerprint density at radius 1 is 0.617 bits per heavy atom. The Morgan fingerprint density at radius 3 is 1.51 bits per heavy atom. The van der Waals surface area contributed by atoms with Gasteiger partial charge in [-0.05, 0) is 35.1 Å². The number of hydrogen-bond donors (Lipinski definition) is 2. The molecule has 0 aliphatic carbocycles. The molecule has 4 aromatic rings. The Kier molecular flexibility index (Phi) is 16.5. The summed E-state index contributed by atoms with van der Waals surface area (Å²) in [5.74, 6) is 0. The van der Waals surface area contributed by atoms with Crippen molar-refractivity contribution in [1.82, 2.24) is 5.32 Å². The van der Waals surface area contributed by atoms with E-state index in [1.54, 1.807) is 0 Å². The zero-order valence-electron chi connectivity index (χ0n) is 28.6. The summed E-state index contributed by atoms with van der Waals surface area (Å²) < 4.78 is 6.32. The van der Waals surface area contributed by atoms with Crippen molar-refractivity contribution in [2.45, 2.75) is 108 Å². The van der Waals surface area contributed by atoms with Crippen molar-refractivity contribution >= 4 is 0 Å². The van der Waals surface area contributed by atoms with Crippen molar-refractivity contribution in [3.05, 3.63) is 156 Å². The Bertz CT molecular complexity index is 1260. The highest BCUT2D eigenvalue weighted by Gasteiger charge is 2.39. The van der Waals surface area contributed by atoms with Gasteiger partial charge in [0, 0.05) is 0 Å². The van der Waals surface area contributed by atoms with Crippen LogP contribution in [0.4, 0.5) is 0 Å². The second-order valence-electron chi connectivity index (χ2n) is 12.8. The van der Waals surface area contributed by atoms with Gasteiger partial charge < -0.3 is 9.84 Å². The number of benzene rings is 4. The summed E-state index contributed by atoms with van der Waals surface area (Å²) in [6.07, 6.45) is 19.1. The third-order valence-electron chi connectivity index (χ3n) is 9.15. The predicted octanol–water partition coefficient (Wildman–Crippen LogP) is 10.8. The number of hydrogen-bond acceptors (Lipinski definition) is 3. The molecule has 0 aromatic heterocycles. The molecule has 0 saturated heterocycles. The molecule has 0 heterocycles. The molecule has 4 aromatic carbocycles. The summed E-state index contributed by atoms with van der Waals surface area (Å²) in [6, 6.07) is 41.6. The maximum absolute atomic E-state index is 11.8. The first-order valence-electron chi connectivity index (χ1n) is 18.1. The van der Waals surface area contributed by atoms with Gasteiger partial charge in [-0.2, -0.15) is 0 Å². The monoisotopic (exact) mass is 633 g/mol. The Hall–Kier alpha value is -3.50. The Labute approximate surface area is 285 Å². The third-order valence-corrected chi connectivity index (χ3v) is 9.15. The summed E-state index contributed by atoms with van der Waals surface area (Å²) in [6.45, 7) is 3.12. The maximum atomic E-state index is 11.8. The molecule has 47 heavy (non-hydrogen) atoms. The minimum Gasteiger partial charge on any atom is -0.387 e. The molecule has 3 nitrogen and oxygen atoms in total. The number of allylic oxidation sites excluding steroid dienone is 1. The molecule has 0 amide bonds. The fourth-order valence-corrected chi connectivity index (χ4v) is 6.49. The van der Waals surface area contributed by atoms with Crippen molar-refractivity contribution in [2.75, 3.05) is 6.61 Å². The number of aliphatic hydroxyl groups is 1. The standard InChI is InChI=1S/C44H57NO2/c1-2-3-4-5-6-7-8-9-10-11-12-13-26-35-43(46)42(37-47-36-38-27-18-14-19-28-38)45-44(39-29-20-15-21-30-39,40-31-22-16-23-32-40)41-33-24-17-25-34-41/h14-35,42-43,45-46H,2-13,36-37H2,1H3/b35-26+/t42-,43-/m0/s1/i35+2. The quantitative estimate of drug-likeness (QED) is 0.0485. The van der Waals surface area contributed by atoms with Crippen LogP contribution in [0.5, 0.6) is 0 Å². The van der Waals surface area contributed by atoms with Crippen LogP contribution in [-0.2, 0) is 16.9 Å². The summed E-state index contributed by atoms with van der Waals surface area (Å²) in [4.78, 5) is 0. The Morgan fingerprint density at radius 2 is 1.04 bits per heavy atom. The van der Waals surface area contributed by atoms with E-state index in [0.29, 0.717) is 13.2 Å². The van der Waals surface area contributed by atoms with E-state index in [-0.39, 0.29) is 6.04 Å². The smallest absolute Gasteiger partial charge is 0.0951 e. The molecule has 0 spiro atoms. The van der Waals surface area contributed by atoms with E-state index in [4.69, 9.17) is 4.74 Å². The first-order chi connectivity index (χ1) is 23.2. The van der Waals surface area contributed by atoms with Crippen molar-refractivity contribution in [1.29, 1.82) is 0 Å². The van der Waals surface area contributed by atoms with E-state index in [1.165, 1.54) is 64.2 Å². The van der Waals surface area contributed by atoms with Crippen molar-refractivity contribution in [3.63, 3.8) is 0 Å². The summed E-state index contributed by atoms with van der Waals surface area (Å²) in [7, 11) is 0. The average Bonchev–Trinajstić information content (AvgIpc) is 3.13. The van der Waals surface area contributed by atoms with Crippen molar-refractivity contribution in [3.8, 4) is 0 Å². The van der Waals surface area contributed by atoms with Gasteiger partial charge in [-0.25, -0.2) is 0 Å². The highest BCUT2D eigenvalue weighted by molar-refractivity contribution is 5.49. The third kappa shape index (κ3) is 11.9. The second kappa shape index (κ2) is 21.4. The van der Waals surface area contributed by atoms with Crippen LogP contribution in [0.3, 0.4) is 0 Å². The largest absolute Gasteiger partial charge is 0.387 e. The number of rotatable bonds is 23. The predicted molar refractivity (Wildman–Crippen MR) is 198 cm³/mol. The van der Waals surface area contributed by atoms with E-state index < -0.39 is 11.6 Å². The van der Waals surface area contributed by atoms with Gasteiger partial charge in [-0.1, -0.05) is 205 Å². The van der Waals surface area contributed by atoms with E-state index in [9.17, 15) is 5.11 Å². The summed E-state index contributed by atoms with van der Waals surface area (Å²) in [5.41, 5.74) is 3.76. The number of aliphatic hydroxyl groups excluding tert-OH is 1. The van der Waals surface area contributed by atoms with Crippen LogP contribution in [0.25, 0.3) is 0 Å². The topological polar surface area (TPSA) is 41.5 Å². The van der Waals surface area contributed by atoms with Crippen LogP contribution in [0.15, 0.2) is 133 Å². The highest BCUT2D eigenvalue weighted by atomic mass is 16.5. The molecule has 2 N–H and O–H groups in total. The molecule has 0 aliphatic rings. The SMILES string of the molecule is CCCCCCCCCCCCC/C=[14CH]/[C@H](O)[C@H](COCc1ccccc1)NC(c1ccccc1)(c1ccccc1)c1ccccc1. The minimum absolute atomic E-state index is 0.354. The fraction of sp³-hybridized carbons (Fsp3) is 0.409. The highest BCUT2D eigenvalue weighted by Crippen LogP contribution is 2.37. The summed E-state index contributed by atoms with van der Waals surface area (Å²) >= 11 is 0. The van der Waals surface area contributed by atoms with Gasteiger partial charge in [0.05, 0.1) is 30.9 Å². The molecule has 0 aliphatic heterocycles. The first-order valence-corrected chi connectivity index (χ1v) is 18.1. The van der Waals surface area contributed by atoms with Gasteiger partial charge in [0.15, 0.2) is 0 Å². The van der Waals surface area contributed by atoms with Gasteiger partial charge >= 0.3 is 0 Å². The lowest BCUT2D eigenvalue weighted by molar-refractivity contribution is 0.0500. The number of unbranched alkanes of at least 4 members (excludes halogenated alkanes) is 11. The molecule has 2 atom stereocenters. The normalized spacial score (nSPS) is 13.1. The molecule has 0 radical (unpaired) electrons. The van der Waals surface area contributed by atoms with E-state index in [1.807, 2.05) is 24.3 Å². The zero-order valence-corrected chi connectivity index (χ0v) is 28.6. The van der Waals surface area contributed by atoms with Gasteiger partial charge in [-0.3, -0.25) is 5.32 Å². The van der Waals surface area contributed by atoms with Gasteiger partial charge in [0.2, 0.25) is 0 Å². The maximum Gasteiger partial charge on any atom is 0.0951 e. The average molecular weight is 634 g/mol. The zero-order chi connectivity index (χ0) is 32.8. The molecule has 0 saturated carbocycles. The number of ether oxygens (including phenoxy) is 1. The molecular formula is C44H57NO2. The molecule has 0 fully saturated rings. The second-order valence-corrected chi connectivity index (χ2v) is 12.8. The lowest BCUT2D eigenvalue weighted by Crippen LogP contribution is -2.55. The van der Waals surface area contributed by atoms with Crippen molar-refractivity contribution < 1.29 is 9.84 Å². The van der Waals surface area contributed by atoms with Crippen LogP contribution in [0, 0.1) is 0 Å². The van der Waals surface area contributed by atoms with E-state index in [0.717, 1.165) is 35.1 Å². The molecule has 0 unspecified atom stereocenters. The summed E-state index contributed by atoms with van der Waals surface area (Å²) in [5, 5.41) is 15.7. The van der Waals surface area contributed by atoms with E-state index in [2.05, 4.69) is 121 Å². The molecule has 250 valence electrons. The molecule has 3 heteroatoms. The van der Waals surface area contributed by atoms with Gasteiger partial charge in [0.25, 0.3) is 0 Å². The minimum atomic E-state index is -0.728. The Balaban J connectivity index is 1.46. The van der Waals surface area contributed by atoms with Crippen LogP contribution < -0.4 is 5.32 Å². The van der Waals surface area contributed by atoms with Gasteiger partial charge in [-0.15, -0.1) is 0 Å². The molecule has 4 rings (SSSR count). The molecular weight excluding hydrogens is 576 g/mol. The van der Waals surface area contributed by atoms with Crippen LogP contribution in [-0.4, -0.2) is 23.9 Å². The van der Waals surface area contributed by atoms with Gasteiger partial charge in [0.1, 0.15) is 0 Å². The van der Waals surface area contributed by atoms with Crippen LogP contribution in [0.2, 0.25) is 0 Å². The molecule has 0 bridgehead atoms.